The predicted molar refractivity (Wildman–Crippen MR) is 103 cm³/mol. The Morgan fingerprint density at radius 3 is 2.85 bits per heavy atom. The monoisotopic (exact) mass is 399 g/mol. The van der Waals surface area contributed by atoms with Gasteiger partial charge in [-0.3, -0.25) is 14.2 Å². The van der Waals surface area contributed by atoms with E-state index in [-0.39, 0.29) is 17.5 Å². The fraction of sp³-hybridized carbons (Fsp3) is 0.111. The van der Waals surface area contributed by atoms with E-state index in [2.05, 4.69) is 20.5 Å². The molecule has 1 amide bonds. The molecule has 0 aliphatic carbocycles. The molecule has 4 aromatic rings. The molecule has 136 valence electrons. The second kappa shape index (κ2) is 7.85. The van der Waals surface area contributed by atoms with Crippen molar-refractivity contribution in [2.24, 2.45) is 0 Å². The van der Waals surface area contributed by atoms with Crippen LogP contribution in [0.1, 0.15) is 5.56 Å². The van der Waals surface area contributed by atoms with E-state index in [1.807, 2.05) is 21.9 Å². The van der Waals surface area contributed by atoms with Gasteiger partial charge in [-0.25, -0.2) is 4.39 Å². The molecule has 4 rings (SSSR count). The van der Waals surface area contributed by atoms with Gasteiger partial charge in [-0.15, -0.1) is 21.5 Å². The van der Waals surface area contributed by atoms with Gasteiger partial charge >= 0.3 is 0 Å². The Morgan fingerprint density at radius 2 is 2.07 bits per heavy atom. The highest BCUT2D eigenvalue weighted by Crippen LogP contribution is 2.29. The molecule has 1 aromatic carbocycles. The Hall–Kier alpha value is -2.78. The summed E-state index contributed by atoms with van der Waals surface area (Å²) in [7, 11) is 0. The number of hydrogen-bond acceptors (Lipinski definition) is 6. The second-order valence-electron chi connectivity index (χ2n) is 5.66. The molecule has 3 heterocycles. The first-order valence-corrected chi connectivity index (χ1v) is 9.94. The lowest BCUT2D eigenvalue weighted by molar-refractivity contribution is -0.118. The maximum Gasteiger partial charge on any atom is 0.230 e. The minimum atomic E-state index is -0.283. The number of pyridine rings is 1. The lowest BCUT2D eigenvalue weighted by Crippen LogP contribution is -2.24. The maximum absolute atomic E-state index is 13.2. The number of carbonyl (C=O) groups excluding carboxylic acids is 1. The highest BCUT2D eigenvalue weighted by molar-refractivity contribution is 7.99. The number of halogens is 1. The van der Waals surface area contributed by atoms with Gasteiger partial charge in [0.15, 0.2) is 5.16 Å². The van der Waals surface area contributed by atoms with Crippen molar-refractivity contribution < 1.29 is 9.18 Å². The topological polar surface area (TPSA) is 72.2 Å². The number of fused-ring (bicyclic) bond motifs is 1. The molecule has 0 radical (unpaired) electrons. The molecule has 0 unspecified atom stereocenters. The number of thiazole rings is 1. The minimum absolute atomic E-state index is 0.0980. The van der Waals surface area contributed by atoms with Crippen molar-refractivity contribution in [2.45, 2.75) is 11.7 Å². The van der Waals surface area contributed by atoms with E-state index < -0.39 is 0 Å². The number of nitrogens with one attached hydrogen (secondary N) is 1. The second-order valence-corrected chi connectivity index (χ2v) is 7.43. The van der Waals surface area contributed by atoms with E-state index in [0.29, 0.717) is 11.7 Å². The molecule has 0 fully saturated rings. The third kappa shape index (κ3) is 3.99. The molecular weight excluding hydrogens is 385 g/mol. The SMILES string of the molecule is O=C(CSc1nnc2scc(-c3ccc(F)cc3)n12)NCc1cccnc1. The van der Waals surface area contributed by atoms with Crippen LogP contribution in [0.25, 0.3) is 16.2 Å². The average molecular weight is 399 g/mol. The summed E-state index contributed by atoms with van der Waals surface area (Å²) in [6.45, 7) is 0.432. The number of rotatable bonds is 6. The quantitative estimate of drug-likeness (QED) is 0.503. The number of benzene rings is 1. The number of aromatic nitrogens is 4. The fourth-order valence-electron chi connectivity index (χ4n) is 2.50. The number of amides is 1. The molecule has 0 saturated carbocycles. The smallest absolute Gasteiger partial charge is 0.230 e. The van der Waals surface area contributed by atoms with Gasteiger partial charge in [0.2, 0.25) is 10.9 Å². The van der Waals surface area contributed by atoms with Crippen LogP contribution in [0.5, 0.6) is 0 Å². The minimum Gasteiger partial charge on any atom is -0.351 e. The van der Waals surface area contributed by atoms with E-state index in [9.17, 15) is 9.18 Å². The molecule has 27 heavy (non-hydrogen) atoms. The van der Waals surface area contributed by atoms with E-state index >= 15 is 0 Å². The van der Waals surface area contributed by atoms with Crippen molar-refractivity contribution in [2.75, 3.05) is 5.75 Å². The van der Waals surface area contributed by atoms with Crippen LogP contribution in [0, 0.1) is 5.82 Å². The summed E-state index contributed by atoms with van der Waals surface area (Å²) < 4.78 is 15.1. The zero-order chi connectivity index (χ0) is 18.6. The molecular formula is C18H14FN5OS2. The standard InChI is InChI=1S/C18H14FN5OS2/c19-14-5-3-13(4-6-14)15-10-26-17-22-23-18(24(15)17)27-11-16(25)21-9-12-2-1-7-20-8-12/h1-8,10H,9,11H2,(H,21,25). The van der Waals surface area contributed by atoms with Crippen LogP contribution in [0.15, 0.2) is 59.3 Å². The van der Waals surface area contributed by atoms with Crippen LogP contribution in [0.4, 0.5) is 4.39 Å². The summed E-state index contributed by atoms with van der Waals surface area (Å²) >= 11 is 2.76. The van der Waals surface area contributed by atoms with Gasteiger partial charge in [-0.1, -0.05) is 17.8 Å². The molecule has 1 N–H and O–H groups in total. The van der Waals surface area contributed by atoms with Crippen molar-refractivity contribution in [3.05, 3.63) is 65.6 Å². The Bertz CT molecular complexity index is 1060. The molecule has 0 aliphatic rings. The van der Waals surface area contributed by atoms with Gasteiger partial charge in [-0.05, 0) is 41.5 Å². The average Bonchev–Trinajstić information content (AvgIpc) is 3.29. The van der Waals surface area contributed by atoms with Crippen LogP contribution >= 0.6 is 23.1 Å². The Morgan fingerprint density at radius 1 is 1.22 bits per heavy atom. The number of thioether (sulfide) groups is 1. The van der Waals surface area contributed by atoms with Crippen LogP contribution in [0.3, 0.4) is 0 Å². The van der Waals surface area contributed by atoms with Crippen molar-refractivity contribution >= 4 is 34.0 Å². The fourth-order valence-corrected chi connectivity index (χ4v) is 4.17. The van der Waals surface area contributed by atoms with Crippen molar-refractivity contribution in [3.63, 3.8) is 0 Å². The number of hydrogen-bond donors (Lipinski definition) is 1. The zero-order valence-corrected chi connectivity index (χ0v) is 15.6. The van der Waals surface area contributed by atoms with Crippen LogP contribution in [0.2, 0.25) is 0 Å². The molecule has 0 spiro atoms. The molecule has 9 heteroatoms. The number of nitrogens with zero attached hydrogens (tertiary/aromatic N) is 4. The van der Waals surface area contributed by atoms with Crippen LogP contribution in [-0.2, 0) is 11.3 Å². The summed E-state index contributed by atoms with van der Waals surface area (Å²) in [6.07, 6.45) is 3.41. The zero-order valence-electron chi connectivity index (χ0n) is 14.0. The molecule has 3 aromatic heterocycles. The van der Waals surface area contributed by atoms with Gasteiger partial charge in [0.05, 0.1) is 11.4 Å². The van der Waals surface area contributed by atoms with E-state index in [1.165, 1.54) is 35.2 Å². The van der Waals surface area contributed by atoms with Crippen LogP contribution < -0.4 is 5.32 Å². The van der Waals surface area contributed by atoms with Gasteiger partial charge < -0.3 is 5.32 Å². The predicted octanol–water partition coefficient (Wildman–Crippen LogP) is 3.40. The maximum atomic E-state index is 13.2. The lowest BCUT2D eigenvalue weighted by Gasteiger charge is -2.05. The van der Waals surface area contributed by atoms with Crippen molar-refractivity contribution in [1.82, 2.24) is 24.9 Å². The Balaban J connectivity index is 1.45. The molecule has 6 nitrogen and oxygen atoms in total. The number of carbonyl (C=O) groups is 1. The largest absolute Gasteiger partial charge is 0.351 e. The van der Waals surface area contributed by atoms with Gasteiger partial charge in [-0.2, -0.15) is 0 Å². The van der Waals surface area contributed by atoms with Crippen molar-refractivity contribution in [3.8, 4) is 11.3 Å². The third-order valence-electron chi connectivity index (χ3n) is 3.81. The molecule has 0 atom stereocenters. The third-order valence-corrected chi connectivity index (χ3v) is 5.55. The summed E-state index contributed by atoms with van der Waals surface area (Å²) in [6, 6.07) is 10.0. The highest BCUT2D eigenvalue weighted by Gasteiger charge is 2.15. The Labute approximate surface area is 162 Å². The lowest BCUT2D eigenvalue weighted by atomic mass is 10.2. The summed E-state index contributed by atoms with van der Waals surface area (Å²) in [5.74, 6) is -0.159. The summed E-state index contributed by atoms with van der Waals surface area (Å²) in [5.41, 5.74) is 2.68. The highest BCUT2D eigenvalue weighted by atomic mass is 32.2. The first-order valence-electron chi connectivity index (χ1n) is 8.07. The van der Waals surface area contributed by atoms with Crippen molar-refractivity contribution in [1.29, 1.82) is 0 Å². The first kappa shape index (κ1) is 17.6. The van der Waals surface area contributed by atoms with E-state index in [0.717, 1.165) is 21.8 Å². The van der Waals surface area contributed by atoms with Crippen LogP contribution in [-0.4, -0.2) is 31.2 Å². The van der Waals surface area contributed by atoms with Gasteiger partial charge in [0.1, 0.15) is 5.82 Å². The van der Waals surface area contributed by atoms with Gasteiger partial charge in [0, 0.05) is 24.3 Å². The summed E-state index contributed by atoms with van der Waals surface area (Å²) in [4.78, 5) is 16.9. The molecule has 0 bridgehead atoms. The first-order chi connectivity index (χ1) is 13.2. The summed E-state index contributed by atoms with van der Waals surface area (Å²) in [5, 5.41) is 13.8. The normalized spacial score (nSPS) is 11.0. The van der Waals surface area contributed by atoms with E-state index in [1.54, 1.807) is 24.5 Å². The Kier molecular flexibility index (Phi) is 5.12. The molecule has 0 saturated heterocycles. The van der Waals surface area contributed by atoms with Gasteiger partial charge in [0.25, 0.3) is 0 Å². The van der Waals surface area contributed by atoms with E-state index in [4.69, 9.17) is 0 Å². The molecule has 0 aliphatic heterocycles.